The van der Waals surface area contributed by atoms with Crippen LogP contribution in [0.4, 0.5) is 10.5 Å². The second kappa shape index (κ2) is 7.67. The Morgan fingerprint density at radius 3 is 2.40 bits per heavy atom. The summed E-state index contributed by atoms with van der Waals surface area (Å²) in [7, 11) is 1.66. The molecule has 0 aliphatic carbocycles. The minimum atomic E-state index is -0.499. The molecule has 0 saturated heterocycles. The molecule has 3 amide bonds. The maximum absolute atomic E-state index is 13.4. The summed E-state index contributed by atoms with van der Waals surface area (Å²) in [6.07, 6.45) is 0. The first-order valence-corrected chi connectivity index (χ1v) is 9.83. The van der Waals surface area contributed by atoms with Gasteiger partial charge in [-0.3, -0.25) is 9.69 Å². The van der Waals surface area contributed by atoms with Crippen molar-refractivity contribution in [3.05, 3.63) is 76.5 Å². The quantitative estimate of drug-likeness (QED) is 0.793. The minimum Gasteiger partial charge on any atom is -0.462 e. The Balaban J connectivity index is 1.65. The van der Waals surface area contributed by atoms with Crippen LogP contribution in [0.25, 0.3) is 0 Å². The highest BCUT2D eigenvalue weighted by atomic mass is 16.5. The number of amides is 3. The van der Waals surface area contributed by atoms with Crippen LogP contribution in [0.5, 0.6) is 0 Å². The molecule has 2 heterocycles. The van der Waals surface area contributed by atoms with Gasteiger partial charge in [0.15, 0.2) is 0 Å². The lowest BCUT2D eigenvalue weighted by atomic mass is 9.95. The molecule has 7 heteroatoms. The molecule has 1 N–H and O–H groups in total. The Morgan fingerprint density at radius 1 is 1.10 bits per heavy atom. The SMILES string of the molecule is CCOC(=O)c1ccc(N2CC3=C(C2=O)[C@H](c2ccc(C)cc2)NC(=O)N3C)cc1. The van der Waals surface area contributed by atoms with Crippen molar-refractivity contribution >= 4 is 23.6 Å². The standard InChI is InChI=1S/C23H23N3O4/c1-4-30-22(28)16-9-11-17(12-10-16)26-13-18-19(21(26)27)20(24-23(29)25(18)3)15-7-5-14(2)6-8-15/h5-12,20H,4,13H2,1-3H3,(H,24,29)/t20-/m0/s1. The molecule has 2 aliphatic heterocycles. The van der Waals surface area contributed by atoms with Gasteiger partial charge in [0.05, 0.1) is 36.0 Å². The smallest absolute Gasteiger partial charge is 0.338 e. The summed E-state index contributed by atoms with van der Waals surface area (Å²) < 4.78 is 5.01. The lowest BCUT2D eigenvalue weighted by Gasteiger charge is -2.31. The summed E-state index contributed by atoms with van der Waals surface area (Å²) in [6, 6.07) is 13.8. The normalized spacial score (nSPS) is 18.4. The van der Waals surface area contributed by atoms with Gasteiger partial charge in [-0.2, -0.15) is 0 Å². The average molecular weight is 405 g/mol. The number of aryl methyl sites for hydroxylation is 1. The van der Waals surface area contributed by atoms with Gasteiger partial charge in [0.25, 0.3) is 5.91 Å². The summed E-state index contributed by atoms with van der Waals surface area (Å²) in [5.41, 5.74) is 4.30. The zero-order valence-corrected chi connectivity index (χ0v) is 17.1. The Morgan fingerprint density at radius 2 is 1.77 bits per heavy atom. The van der Waals surface area contributed by atoms with Gasteiger partial charge in [-0.05, 0) is 43.7 Å². The molecule has 0 saturated carbocycles. The summed E-state index contributed by atoms with van der Waals surface area (Å²) in [4.78, 5) is 40.9. The molecular formula is C23H23N3O4. The fourth-order valence-corrected chi connectivity index (χ4v) is 3.78. The van der Waals surface area contributed by atoms with Crippen LogP contribution in [0.3, 0.4) is 0 Å². The van der Waals surface area contributed by atoms with E-state index in [4.69, 9.17) is 4.74 Å². The summed E-state index contributed by atoms with van der Waals surface area (Å²) in [6.45, 7) is 4.33. The number of benzene rings is 2. The molecule has 2 aromatic rings. The zero-order chi connectivity index (χ0) is 21.4. The van der Waals surface area contributed by atoms with E-state index in [2.05, 4.69) is 5.32 Å². The lowest BCUT2D eigenvalue weighted by Crippen LogP contribution is -2.45. The van der Waals surface area contributed by atoms with Crippen molar-refractivity contribution < 1.29 is 19.1 Å². The first-order chi connectivity index (χ1) is 14.4. The second-order valence-corrected chi connectivity index (χ2v) is 7.37. The van der Waals surface area contributed by atoms with Crippen molar-refractivity contribution in [2.24, 2.45) is 0 Å². The number of hydrogen-bond acceptors (Lipinski definition) is 4. The van der Waals surface area contributed by atoms with Gasteiger partial charge in [0.2, 0.25) is 0 Å². The van der Waals surface area contributed by atoms with Crippen molar-refractivity contribution in [3.8, 4) is 0 Å². The maximum atomic E-state index is 13.4. The molecule has 30 heavy (non-hydrogen) atoms. The minimum absolute atomic E-state index is 0.161. The van der Waals surface area contributed by atoms with Gasteiger partial charge in [0, 0.05) is 12.7 Å². The third-order valence-electron chi connectivity index (χ3n) is 5.46. The molecule has 7 nitrogen and oxygen atoms in total. The van der Waals surface area contributed by atoms with Gasteiger partial charge in [-0.25, -0.2) is 9.59 Å². The molecule has 4 rings (SSSR count). The first kappa shape index (κ1) is 19.7. The van der Waals surface area contributed by atoms with E-state index >= 15 is 0 Å². The average Bonchev–Trinajstić information content (AvgIpc) is 3.09. The summed E-state index contributed by atoms with van der Waals surface area (Å²) >= 11 is 0. The molecule has 0 unspecified atom stereocenters. The third kappa shape index (κ3) is 3.32. The van der Waals surface area contributed by atoms with Crippen LogP contribution in [-0.2, 0) is 9.53 Å². The van der Waals surface area contributed by atoms with Gasteiger partial charge < -0.3 is 15.0 Å². The van der Waals surface area contributed by atoms with Crippen LogP contribution in [0, 0.1) is 6.92 Å². The number of ether oxygens (including phenoxy) is 1. The van der Waals surface area contributed by atoms with E-state index in [0.29, 0.717) is 35.7 Å². The number of rotatable bonds is 4. The molecular weight excluding hydrogens is 382 g/mol. The Kier molecular flexibility index (Phi) is 5.03. The molecule has 0 fully saturated rings. The fraction of sp³-hybridized carbons (Fsp3) is 0.261. The number of carbonyl (C=O) groups excluding carboxylic acids is 3. The highest BCUT2D eigenvalue weighted by molar-refractivity contribution is 6.11. The second-order valence-electron chi connectivity index (χ2n) is 7.37. The van der Waals surface area contributed by atoms with Crippen molar-refractivity contribution in [3.63, 3.8) is 0 Å². The van der Waals surface area contributed by atoms with E-state index in [0.717, 1.165) is 11.1 Å². The molecule has 2 aromatic carbocycles. The van der Waals surface area contributed by atoms with Crippen LogP contribution in [0.1, 0.15) is 34.5 Å². The van der Waals surface area contributed by atoms with Gasteiger partial charge in [0.1, 0.15) is 0 Å². The molecule has 0 spiro atoms. The Bertz CT molecular complexity index is 1040. The van der Waals surface area contributed by atoms with E-state index in [1.54, 1.807) is 43.1 Å². The third-order valence-corrected chi connectivity index (χ3v) is 5.46. The maximum Gasteiger partial charge on any atom is 0.338 e. The molecule has 0 aromatic heterocycles. The number of anilines is 1. The lowest BCUT2D eigenvalue weighted by molar-refractivity contribution is -0.114. The molecule has 154 valence electrons. The topological polar surface area (TPSA) is 79.0 Å². The number of likely N-dealkylation sites (N-methyl/N-ethyl adjacent to an activating group) is 1. The van der Waals surface area contributed by atoms with E-state index in [9.17, 15) is 14.4 Å². The van der Waals surface area contributed by atoms with Crippen molar-refractivity contribution in [2.45, 2.75) is 19.9 Å². The largest absolute Gasteiger partial charge is 0.462 e. The van der Waals surface area contributed by atoms with Crippen molar-refractivity contribution in [2.75, 3.05) is 25.1 Å². The Labute approximate surface area is 174 Å². The van der Waals surface area contributed by atoms with E-state index in [1.807, 2.05) is 31.2 Å². The summed E-state index contributed by atoms with van der Waals surface area (Å²) in [5.74, 6) is -0.561. The van der Waals surface area contributed by atoms with Gasteiger partial charge in [-0.1, -0.05) is 29.8 Å². The van der Waals surface area contributed by atoms with E-state index in [1.165, 1.54) is 4.90 Å². The highest BCUT2D eigenvalue weighted by Gasteiger charge is 2.43. The van der Waals surface area contributed by atoms with Crippen molar-refractivity contribution in [1.29, 1.82) is 0 Å². The fourth-order valence-electron chi connectivity index (χ4n) is 3.78. The van der Waals surface area contributed by atoms with E-state index in [-0.39, 0.29) is 11.9 Å². The van der Waals surface area contributed by atoms with Crippen LogP contribution in [0.15, 0.2) is 59.8 Å². The number of nitrogens with one attached hydrogen (secondary N) is 1. The number of urea groups is 1. The first-order valence-electron chi connectivity index (χ1n) is 9.83. The Hall–Kier alpha value is -3.61. The molecule has 2 aliphatic rings. The van der Waals surface area contributed by atoms with Crippen LogP contribution >= 0.6 is 0 Å². The zero-order valence-electron chi connectivity index (χ0n) is 17.1. The predicted octanol–water partition coefficient (Wildman–Crippen LogP) is 3.17. The van der Waals surface area contributed by atoms with Gasteiger partial charge in [-0.15, -0.1) is 0 Å². The number of nitrogens with zero attached hydrogens (tertiary/aromatic N) is 2. The predicted molar refractivity (Wildman–Crippen MR) is 112 cm³/mol. The van der Waals surface area contributed by atoms with Crippen LogP contribution in [0.2, 0.25) is 0 Å². The molecule has 0 bridgehead atoms. The van der Waals surface area contributed by atoms with Gasteiger partial charge >= 0.3 is 12.0 Å². The number of esters is 1. The monoisotopic (exact) mass is 405 g/mol. The van der Waals surface area contributed by atoms with Crippen molar-refractivity contribution in [1.82, 2.24) is 10.2 Å². The molecule has 0 radical (unpaired) electrons. The number of hydrogen-bond donors (Lipinski definition) is 1. The molecule has 1 atom stereocenters. The van der Waals surface area contributed by atoms with E-state index < -0.39 is 12.0 Å². The van der Waals surface area contributed by atoms with Crippen LogP contribution in [-0.4, -0.2) is 43.0 Å². The summed E-state index contributed by atoms with van der Waals surface area (Å²) in [5, 5.41) is 2.93. The van der Waals surface area contributed by atoms with Crippen LogP contribution < -0.4 is 10.2 Å². The highest BCUT2D eigenvalue weighted by Crippen LogP contribution is 2.37. The number of carbonyl (C=O) groups is 3.